The Morgan fingerprint density at radius 2 is 2.06 bits per heavy atom. The molecule has 0 saturated carbocycles. The molecule has 0 aliphatic carbocycles. The van der Waals surface area contributed by atoms with Gasteiger partial charge in [-0.3, -0.25) is 4.79 Å². The number of nitrogens with zero attached hydrogens (tertiary/aromatic N) is 1. The summed E-state index contributed by atoms with van der Waals surface area (Å²) >= 11 is 0. The van der Waals surface area contributed by atoms with Crippen molar-refractivity contribution in [1.29, 1.82) is 0 Å². The maximum absolute atomic E-state index is 12.2. The second kappa shape index (κ2) is 3.91. The first-order chi connectivity index (χ1) is 7.60. The molecular formula is C13H18N2O. The van der Waals surface area contributed by atoms with E-state index in [1.807, 2.05) is 18.9 Å². The molecule has 1 aliphatic heterocycles. The molecule has 1 unspecified atom stereocenters. The quantitative estimate of drug-likeness (QED) is 0.822. The van der Waals surface area contributed by atoms with Crippen LogP contribution in [0.15, 0.2) is 12.1 Å². The normalized spacial score (nSPS) is 19.1. The SMILES string of the molecule is CCN1C(=O)C(NC)c2cc(C)cc(C)c21. The van der Waals surface area contributed by atoms with E-state index in [-0.39, 0.29) is 11.9 Å². The van der Waals surface area contributed by atoms with Gasteiger partial charge in [0.15, 0.2) is 0 Å². The van der Waals surface area contributed by atoms with E-state index in [0.29, 0.717) is 0 Å². The van der Waals surface area contributed by atoms with Gasteiger partial charge in [0.2, 0.25) is 5.91 Å². The van der Waals surface area contributed by atoms with Gasteiger partial charge in [0, 0.05) is 12.1 Å². The Hall–Kier alpha value is -1.35. The highest BCUT2D eigenvalue weighted by molar-refractivity contribution is 6.05. The van der Waals surface area contributed by atoms with E-state index < -0.39 is 0 Å². The van der Waals surface area contributed by atoms with Crippen molar-refractivity contribution in [2.45, 2.75) is 26.8 Å². The van der Waals surface area contributed by atoms with Gasteiger partial charge in [-0.1, -0.05) is 17.7 Å². The second-order valence-electron chi connectivity index (χ2n) is 4.32. The lowest BCUT2D eigenvalue weighted by molar-refractivity contribution is -0.119. The van der Waals surface area contributed by atoms with Gasteiger partial charge < -0.3 is 10.2 Å². The zero-order valence-corrected chi connectivity index (χ0v) is 10.3. The number of amides is 1. The van der Waals surface area contributed by atoms with Crippen molar-refractivity contribution in [2.75, 3.05) is 18.5 Å². The molecular weight excluding hydrogens is 200 g/mol. The fraction of sp³-hybridized carbons (Fsp3) is 0.462. The first kappa shape index (κ1) is 11.1. The van der Waals surface area contributed by atoms with Crippen LogP contribution in [-0.2, 0) is 4.79 Å². The molecule has 0 bridgehead atoms. The zero-order chi connectivity index (χ0) is 11.9. The summed E-state index contributed by atoms with van der Waals surface area (Å²) in [6.07, 6.45) is 0. The Kier molecular flexibility index (Phi) is 2.72. The number of rotatable bonds is 2. The summed E-state index contributed by atoms with van der Waals surface area (Å²) < 4.78 is 0. The number of carbonyl (C=O) groups is 1. The highest BCUT2D eigenvalue weighted by atomic mass is 16.2. The molecule has 1 amide bonds. The molecule has 3 nitrogen and oxygen atoms in total. The molecule has 0 aromatic heterocycles. The fourth-order valence-electron chi connectivity index (χ4n) is 2.57. The minimum Gasteiger partial charge on any atom is -0.310 e. The minimum atomic E-state index is -0.173. The maximum Gasteiger partial charge on any atom is 0.248 e. The molecule has 1 N–H and O–H groups in total. The van der Waals surface area contributed by atoms with E-state index in [4.69, 9.17) is 0 Å². The number of hydrogen-bond donors (Lipinski definition) is 1. The summed E-state index contributed by atoms with van der Waals surface area (Å²) in [5.74, 6) is 0.161. The Morgan fingerprint density at radius 1 is 1.38 bits per heavy atom. The van der Waals surface area contributed by atoms with Gasteiger partial charge in [-0.15, -0.1) is 0 Å². The summed E-state index contributed by atoms with van der Waals surface area (Å²) in [5, 5.41) is 3.10. The monoisotopic (exact) mass is 218 g/mol. The first-order valence-corrected chi connectivity index (χ1v) is 5.70. The van der Waals surface area contributed by atoms with Crippen LogP contribution in [0, 0.1) is 13.8 Å². The standard InChI is InChI=1S/C13H18N2O/c1-5-15-12-9(3)6-8(2)7-10(12)11(14-4)13(15)16/h6-7,11,14H,5H2,1-4H3. The molecule has 1 atom stereocenters. The summed E-state index contributed by atoms with van der Waals surface area (Å²) in [6, 6.07) is 4.07. The Morgan fingerprint density at radius 3 is 2.62 bits per heavy atom. The fourth-order valence-corrected chi connectivity index (χ4v) is 2.57. The van der Waals surface area contributed by atoms with Crippen LogP contribution < -0.4 is 10.2 Å². The van der Waals surface area contributed by atoms with Gasteiger partial charge in [0.25, 0.3) is 0 Å². The molecule has 1 aromatic rings. The van der Waals surface area contributed by atoms with E-state index in [9.17, 15) is 4.79 Å². The molecule has 16 heavy (non-hydrogen) atoms. The number of fused-ring (bicyclic) bond motifs is 1. The van der Waals surface area contributed by atoms with Crippen LogP contribution in [0.1, 0.15) is 29.7 Å². The zero-order valence-electron chi connectivity index (χ0n) is 10.3. The third kappa shape index (κ3) is 1.43. The highest BCUT2D eigenvalue weighted by Crippen LogP contribution is 2.38. The van der Waals surface area contributed by atoms with Crippen molar-refractivity contribution < 1.29 is 4.79 Å². The van der Waals surface area contributed by atoms with E-state index in [2.05, 4.69) is 31.3 Å². The van der Waals surface area contributed by atoms with Gasteiger partial charge in [0.1, 0.15) is 6.04 Å². The molecule has 3 heteroatoms. The second-order valence-corrected chi connectivity index (χ2v) is 4.32. The number of aryl methyl sites for hydroxylation is 2. The van der Waals surface area contributed by atoms with Crippen molar-refractivity contribution in [1.82, 2.24) is 5.32 Å². The Labute approximate surface area is 96.5 Å². The first-order valence-electron chi connectivity index (χ1n) is 5.70. The van der Waals surface area contributed by atoms with Crippen LogP contribution in [0.25, 0.3) is 0 Å². The van der Waals surface area contributed by atoms with Crippen LogP contribution >= 0.6 is 0 Å². The third-order valence-corrected chi connectivity index (χ3v) is 3.17. The van der Waals surface area contributed by atoms with Crippen molar-refractivity contribution in [3.8, 4) is 0 Å². The number of carbonyl (C=O) groups excluding carboxylic acids is 1. The van der Waals surface area contributed by atoms with Crippen molar-refractivity contribution in [2.24, 2.45) is 0 Å². The molecule has 1 heterocycles. The molecule has 1 aliphatic rings. The van der Waals surface area contributed by atoms with Crippen LogP contribution in [-0.4, -0.2) is 19.5 Å². The number of benzene rings is 1. The van der Waals surface area contributed by atoms with Gasteiger partial charge >= 0.3 is 0 Å². The topological polar surface area (TPSA) is 32.3 Å². The number of hydrogen-bond acceptors (Lipinski definition) is 2. The van der Waals surface area contributed by atoms with Gasteiger partial charge in [-0.25, -0.2) is 0 Å². The maximum atomic E-state index is 12.2. The molecule has 0 radical (unpaired) electrons. The average Bonchev–Trinajstić information content (AvgIpc) is 2.49. The summed E-state index contributed by atoms with van der Waals surface area (Å²) in [5.41, 5.74) is 4.61. The Bertz CT molecular complexity index is 440. The molecule has 86 valence electrons. The predicted molar refractivity (Wildman–Crippen MR) is 65.7 cm³/mol. The number of likely N-dealkylation sites (N-methyl/N-ethyl adjacent to an activating group) is 2. The van der Waals surface area contributed by atoms with Crippen molar-refractivity contribution in [3.05, 3.63) is 28.8 Å². The van der Waals surface area contributed by atoms with Crippen LogP contribution in [0.3, 0.4) is 0 Å². The van der Waals surface area contributed by atoms with E-state index in [0.717, 1.165) is 17.8 Å². The molecule has 0 spiro atoms. The lowest BCUT2D eigenvalue weighted by atomic mass is 10.0. The Balaban J connectivity index is 2.63. The van der Waals surface area contributed by atoms with Crippen LogP contribution in [0.4, 0.5) is 5.69 Å². The number of anilines is 1. The third-order valence-electron chi connectivity index (χ3n) is 3.17. The smallest absolute Gasteiger partial charge is 0.248 e. The summed E-state index contributed by atoms with van der Waals surface area (Å²) in [6.45, 7) is 6.88. The van der Waals surface area contributed by atoms with Crippen molar-refractivity contribution >= 4 is 11.6 Å². The minimum absolute atomic E-state index is 0.161. The molecule has 1 aromatic carbocycles. The molecule has 0 fully saturated rings. The largest absolute Gasteiger partial charge is 0.310 e. The molecule has 2 rings (SSSR count). The number of nitrogens with one attached hydrogen (secondary N) is 1. The van der Waals surface area contributed by atoms with Gasteiger partial charge in [-0.2, -0.15) is 0 Å². The predicted octanol–water partition coefficient (Wildman–Crippen LogP) is 1.93. The summed E-state index contributed by atoms with van der Waals surface area (Å²) in [7, 11) is 1.84. The average molecular weight is 218 g/mol. The summed E-state index contributed by atoms with van der Waals surface area (Å²) in [4.78, 5) is 14.0. The van der Waals surface area contributed by atoms with E-state index in [1.165, 1.54) is 11.1 Å². The molecule has 0 saturated heterocycles. The van der Waals surface area contributed by atoms with E-state index >= 15 is 0 Å². The van der Waals surface area contributed by atoms with Crippen LogP contribution in [0.2, 0.25) is 0 Å². The highest BCUT2D eigenvalue weighted by Gasteiger charge is 2.36. The van der Waals surface area contributed by atoms with Gasteiger partial charge in [-0.05, 0) is 33.4 Å². The van der Waals surface area contributed by atoms with Crippen LogP contribution in [0.5, 0.6) is 0 Å². The lowest BCUT2D eigenvalue weighted by Gasteiger charge is -2.17. The lowest BCUT2D eigenvalue weighted by Crippen LogP contribution is -2.33. The van der Waals surface area contributed by atoms with E-state index in [1.54, 1.807) is 0 Å². The van der Waals surface area contributed by atoms with Crippen molar-refractivity contribution in [3.63, 3.8) is 0 Å². The van der Waals surface area contributed by atoms with Gasteiger partial charge in [0.05, 0.1) is 5.69 Å².